The third kappa shape index (κ3) is 2.74. The molecule has 1 fully saturated rings. The number of pyridine rings is 1. The fraction of sp³-hybridized carbons (Fsp3) is 0.267. The maximum atomic E-state index is 13.2. The van der Waals surface area contributed by atoms with Gasteiger partial charge in [0.2, 0.25) is 10.0 Å². The molecule has 0 saturated carbocycles. The molecule has 1 aliphatic heterocycles. The van der Waals surface area contributed by atoms with E-state index in [0.717, 1.165) is 30.5 Å². The number of halogens is 2. The number of rotatable bonds is 3. The third-order valence-corrected chi connectivity index (χ3v) is 6.17. The second-order valence-corrected chi connectivity index (χ2v) is 7.40. The summed E-state index contributed by atoms with van der Waals surface area (Å²) in [6, 6.07) is 6.72. The maximum absolute atomic E-state index is 13.2. The number of hydrogen-bond donors (Lipinski definition) is 0. The lowest BCUT2D eigenvalue weighted by molar-refractivity contribution is 0.396. The van der Waals surface area contributed by atoms with Crippen molar-refractivity contribution in [2.45, 2.75) is 23.8 Å². The van der Waals surface area contributed by atoms with Crippen molar-refractivity contribution in [1.29, 1.82) is 0 Å². The van der Waals surface area contributed by atoms with Gasteiger partial charge in [-0.25, -0.2) is 12.8 Å². The molecule has 0 N–H and O–H groups in total. The van der Waals surface area contributed by atoms with Crippen molar-refractivity contribution in [1.82, 2.24) is 9.29 Å². The van der Waals surface area contributed by atoms with Crippen LogP contribution < -0.4 is 0 Å². The van der Waals surface area contributed by atoms with Crippen LogP contribution >= 0.6 is 11.6 Å². The molecule has 1 aromatic carbocycles. The van der Waals surface area contributed by atoms with E-state index in [1.807, 2.05) is 12.1 Å². The zero-order valence-electron chi connectivity index (χ0n) is 11.6. The lowest BCUT2D eigenvalue weighted by Gasteiger charge is -2.24. The Hall–Kier alpha value is -1.50. The minimum absolute atomic E-state index is 0.0588. The second kappa shape index (κ2) is 5.95. The van der Waals surface area contributed by atoms with E-state index in [0.29, 0.717) is 6.54 Å². The van der Waals surface area contributed by atoms with Crippen LogP contribution in [0.1, 0.15) is 24.4 Å². The maximum Gasteiger partial charge on any atom is 0.245 e. The number of hydrogen-bond acceptors (Lipinski definition) is 3. The minimum Gasteiger partial charge on any atom is -0.265 e. The van der Waals surface area contributed by atoms with Crippen LogP contribution in [-0.2, 0) is 10.0 Å². The smallest absolute Gasteiger partial charge is 0.245 e. The van der Waals surface area contributed by atoms with Gasteiger partial charge >= 0.3 is 0 Å². The number of aromatic nitrogens is 1. The van der Waals surface area contributed by atoms with Crippen molar-refractivity contribution in [3.05, 3.63) is 59.1 Å². The van der Waals surface area contributed by atoms with Gasteiger partial charge in [0, 0.05) is 18.9 Å². The lowest BCUT2D eigenvalue weighted by atomic mass is 10.1. The van der Waals surface area contributed by atoms with Gasteiger partial charge in [-0.15, -0.1) is 0 Å². The van der Waals surface area contributed by atoms with E-state index in [9.17, 15) is 12.8 Å². The Labute approximate surface area is 133 Å². The summed E-state index contributed by atoms with van der Waals surface area (Å²) in [5.41, 5.74) is 0.898. The molecule has 1 aliphatic rings. The summed E-state index contributed by atoms with van der Waals surface area (Å²) >= 11 is 5.93. The molecule has 0 radical (unpaired) electrons. The second-order valence-electron chi connectivity index (χ2n) is 5.13. The minimum atomic E-state index is -3.77. The highest BCUT2D eigenvalue weighted by molar-refractivity contribution is 7.89. The van der Waals surface area contributed by atoms with Crippen LogP contribution in [0.25, 0.3) is 0 Å². The molecule has 22 heavy (non-hydrogen) atoms. The van der Waals surface area contributed by atoms with Gasteiger partial charge in [0.25, 0.3) is 0 Å². The van der Waals surface area contributed by atoms with Crippen LogP contribution in [0.2, 0.25) is 5.02 Å². The van der Waals surface area contributed by atoms with Gasteiger partial charge < -0.3 is 0 Å². The first-order valence-electron chi connectivity index (χ1n) is 6.87. The summed E-state index contributed by atoms with van der Waals surface area (Å²) in [5, 5.41) is -0.0969. The van der Waals surface area contributed by atoms with Crippen LogP contribution in [-0.4, -0.2) is 24.3 Å². The summed E-state index contributed by atoms with van der Waals surface area (Å²) in [7, 11) is -3.77. The number of benzene rings is 1. The van der Waals surface area contributed by atoms with Crippen LogP contribution in [0.4, 0.5) is 4.39 Å². The summed E-state index contributed by atoms with van der Waals surface area (Å²) in [6.45, 7) is 0.420. The third-order valence-electron chi connectivity index (χ3n) is 3.78. The van der Waals surface area contributed by atoms with Crippen molar-refractivity contribution < 1.29 is 12.8 Å². The van der Waals surface area contributed by atoms with Crippen molar-refractivity contribution in [2.24, 2.45) is 0 Å². The first-order valence-corrected chi connectivity index (χ1v) is 8.69. The molecule has 0 amide bonds. The van der Waals surface area contributed by atoms with E-state index in [1.165, 1.54) is 10.4 Å². The Bertz CT molecular complexity index is 783. The SMILES string of the molecule is O=S(=O)(c1ccc(F)cc1Cl)N1CCC[C@H]1c1ccncc1. The van der Waals surface area contributed by atoms with Gasteiger partial charge in [-0.3, -0.25) is 4.98 Å². The van der Waals surface area contributed by atoms with Crippen molar-refractivity contribution in [2.75, 3.05) is 6.54 Å². The van der Waals surface area contributed by atoms with Crippen molar-refractivity contribution in [3.8, 4) is 0 Å². The summed E-state index contributed by atoms with van der Waals surface area (Å²) in [4.78, 5) is 3.90. The van der Waals surface area contributed by atoms with Gasteiger partial charge in [0.05, 0.1) is 11.1 Å². The van der Waals surface area contributed by atoms with Gasteiger partial charge in [0.15, 0.2) is 0 Å². The molecule has 1 atom stereocenters. The first-order chi connectivity index (χ1) is 10.5. The van der Waals surface area contributed by atoms with Gasteiger partial charge in [-0.05, 0) is 48.7 Å². The van der Waals surface area contributed by atoms with Crippen molar-refractivity contribution >= 4 is 21.6 Å². The van der Waals surface area contributed by atoms with E-state index in [-0.39, 0.29) is 16.0 Å². The zero-order chi connectivity index (χ0) is 15.7. The lowest BCUT2D eigenvalue weighted by Crippen LogP contribution is -2.31. The average molecular weight is 341 g/mol. The molecule has 0 bridgehead atoms. The predicted octanol–water partition coefficient (Wildman–Crippen LogP) is 3.40. The first kappa shape index (κ1) is 15.4. The molecule has 2 aromatic rings. The van der Waals surface area contributed by atoms with Crippen LogP contribution in [0.3, 0.4) is 0 Å². The molecule has 1 saturated heterocycles. The monoisotopic (exact) mass is 340 g/mol. The highest BCUT2D eigenvalue weighted by Gasteiger charge is 2.37. The molecular formula is C15H14ClFN2O2S. The number of sulfonamides is 1. The van der Waals surface area contributed by atoms with Crippen LogP contribution in [0.5, 0.6) is 0 Å². The number of nitrogens with zero attached hydrogens (tertiary/aromatic N) is 2. The Kier molecular flexibility index (Phi) is 4.16. The molecule has 4 nitrogen and oxygen atoms in total. The Morgan fingerprint density at radius 3 is 2.64 bits per heavy atom. The van der Waals surface area contributed by atoms with Gasteiger partial charge in [0.1, 0.15) is 10.7 Å². The zero-order valence-corrected chi connectivity index (χ0v) is 13.2. The van der Waals surface area contributed by atoms with Gasteiger partial charge in [-0.2, -0.15) is 4.31 Å². The highest BCUT2D eigenvalue weighted by Crippen LogP contribution is 2.37. The summed E-state index contributed by atoms with van der Waals surface area (Å²) in [6.07, 6.45) is 4.79. The molecule has 1 aromatic heterocycles. The van der Waals surface area contributed by atoms with E-state index < -0.39 is 15.8 Å². The van der Waals surface area contributed by atoms with E-state index in [1.54, 1.807) is 12.4 Å². The Morgan fingerprint density at radius 2 is 1.95 bits per heavy atom. The predicted molar refractivity (Wildman–Crippen MR) is 81.5 cm³/mol. The van der Waals surface area contributed by atoms with Gasteiger partial charge in [-0.1, -0.05) is 11.6 Å². The fourth-order valence-electron chi connectivity index (χ4n) is 2.76. The largest absolute Gasteiger partial charge is 0.265 e. The summed E-state index contributed by atoms with van der Waals surface area (Å²) in [5.74, 6) is -0.559. The van der Waals surface area contributed by atoms with E-state index >= 15 is 0 Å². The molecule has 0 spiro atoms. The quantitative estimate of drug-likeness (QED) is 0.860. The molecule has 7 heteroatoms. The van der Waals surface area contributed by atoms with Crippen LogP contribution in [0.15, 0.2) is 47.6 Å². The van der Waals surface area contributed by atoms with E-state index in [4.69, 9.17) is 11.6 Å². The molecule has 116 valence electrons. The van der Waals surface area contributed by atoms with Crippen molar-refractivity contribution in [3.63, 3.8) is 0 Å². The fourth-order valence-corrected chi connectivity index (χ4v) is 4.95. The molecule has 0 unspecified atom stereocenters. The normalized spacial score (nSPS) is 19.5. The molecule has 0 aliphatic carbocycles. The average Bonchev–Trinajstić information content (AvgIpc) is 2.98. The standard InChI is InChI=1S/C15H14ClFN2O2S/c16-13-10-12(17)3-4-15(13)22(20,21)19-9-1-2-14(19)11-5-7-18-8-6-11/h3-8,10,14H,1-2,9H2/t14-/m0/s1. The summed E-state index contributed by atoms with van der Waals surface area (Å²) < 4.78 is 40.3. The molecule has 2 heterocycles. The Morgan fingerprint density at radius 1 is 1.23 bits per heavy atom. The molecule has 3 rings (SSSR count). The van der Waals surface area contributed by atoms with Crippen LogP contribution in [0, 0.1) is 5.82 Å². The topological polar surface area (TPSA) is 50.3 Å². The highest BCUT2D eigenvalue weighted by atomic mass is 35.5. The Balaban J connectivity index is 2.01. The van der Waals surface area contributed by atoms with E-state index in [2.05, 4.69) is 4.98 Å². The molecular weight excluding hydrogens is 327 g/mol.